The molecule has 0 fully saturated rings. The Morgan fingerprint density at radius 3 is 2.53 bits per heavy atom. The minimum absolute atomic E-state index is 0.443. The SMILES string of the molecule is CC(C)(C)CCNCCc1ccc(Br)s1. The van der Waals surface area contributed by atoms with Crippen LogP contribution in [0.4, 0.5) is 0 Å². The molecule has 3 heteroatoms. The molecule has 0 aliphatic rings. The molecule has 1 N–H and O–H groups in total. The highest BCUT2D eigenvalue weighted by molar-refractivity contribution is 9.11. The second-order valence-corrected chi connectivity index (χ2v) is 7.56. The Kier molecular flexibility index (Phi) is 5.30. The average Bonchev–Trinajstić information content (AvgIpc) is 2.49. The molecule has 0 unspecified atom stereocenters. The maximum atomic E-state index is 3.49. The van der Waals surface area contributed by atoms with Crippen molar-refractivity contribution in [1.29, 1.82) is 0 Å². The van der Waals surface area contributed by atoms with Gasteiger partial charge in [-0.25, -0.2) is 0 Å². The maximum absolute atomic E-state index is 3.49. The van der Waals surface area contributed by atoms with Gasteiger partial charge in [-0.15, -0.1) is 11.3 Å². The zero-order valence-corrected chi connectivity index (χ0v) is 12.2. The minimum atomic E-state index is 0.443. The Morgan fingerprint density at radius 1 is 1.27 bits per heavy atom. The van der Waals surface area contributed by atoms with E-state index in [1.54, 1.807) is 0 Å². The van der Waals surface area contributed by atoms with E-state index in [1.165, 1.54) is 15.1 Å². The van der Waals surface area contributed by atoms with Crippen LogP contribution in [0.15, 0.2) is 15.9 Å². The largest absolute Gasteiger partial charge is 0.316 e. The Bertz CT molecular complexity index is 288. The van der Waals surface area contributed by atoms with E-state index in [0.717, 1.165) is 19.5 Å². The van der Waals surface area contributed by atoms with Crippen molar-refractivity contribution in [2.75, 3.05) is 13.1 Å². The lowest BCUT2D eigenvalue weighted by molar-refractivity contribution is 0.368. The number of nitrogens with one attached hydrogen (secondary N) is 1. The highest BCUT2D eigenvalue weighted by Crippen LogP contribution is 2.22. The monoisotopic (exact) mass is 289 g/mol. The number of rotatable bonds is 5. The summed E-state index contributed by atoms with van der Waals surface area (Å²) in [6, 6.07) is 4.31. The van der Waals surface area contributed by atoms with Crippen molar-refractivity contribution >= 4 is 27.3 Å². The van der Waals surface area contributed by atoms with Gasteiger partial charge in [0.1, 0.15) is 0 Å². The lowest BCUT2D eigenvalue weighted by Crippen LogP contribution is -2.22. The van der Waals surface area contributed by atoms with Crippen LogP contribution in [0.3, 0.4) is 0 Å². The lowest BCUT2D eigenvalue weighted by Gasteiger charge is -2.17. The number of hydrogen-bond acceptors (Lipinski definition) is 2. The summed E-state index contributed by atoms with van der Waals surface area (Å²) in [5.74, 6) is 0. The van der Waals surface area contributed by atoms with E-state index in [4.69, 9.17) is 0 Å². The molecule has 86 valence electrons. The highest BCUT2D eigenvalue weighted by Gasteiger charge is 2.08. The molecule has 1 nitrogen and oxygen atoms in total. The fourth-order valence-corrected chi connectivity index (χ4v) is 2.77. The first kappa shape index (κ1) is 13.2. The van der Waals surface area contributed by atoms with E-state index in [9.17, 15) is 0 Å². The normalized spacial score (nSPS) is 12.0. The van der Waals surface area contributed by atoms with Crippen LogP contribution in [-0.4, -0.2) is 13.1 Å². The van der Waals surface area contributed by atoms with Gasteiger partial charge >= 0.3 is 0 Å². The third kappa shape index (κ3) is 6.33. The third-order valence-electron chi connectivity index (χ3n) is 2.23. The van der Waals surface area contributed by atoms with Crippen molar-refractivity contribution in [1.82, 2.24) is 5.32 Å². The van der Waals surface area contributed by atoms with Gasteiger partial charge in [0.15, 0.2) is 0 Å². The second kappa shape index (κ2) is 6.02. The molecule has 0 saturated carbocycles. The van der Waals surface area contributed by atoms with E-state index in [-0.39, 0.29) is 0 Å². The molecule has 0 aliphatic carbocycles. The van der Waals surface area contributed by atoms with Gasteiger partial charge in [0.25, 0.3) is 0 Å². The van der Waals surface area contributed by atoms with Crippen LogP contribution in [0.2, 0.25) is 0 Å². The zero-order chi connectivity index (χ0) is 11.3. The minimum Gasteiger partial charge on any atom is -0.316 e. The molecule has 0 atom stereocenters. The van der Waals surface area contributed by atoms with Crippen LogP contribution in [-0.2, 0) is 6.42 Å². The Balaban J connectivity index is 2.07. The van der Waals surface area contributed by atoms with E-state index in [2.05, 4.69) is 54.2 Å². The molecule has 1 aromatic rings. The molecule has 0 saturated heterocycles. The quantitative estimate of drug-likeness (QED) is 0.806. The number of halogens is 1. The number of hydrogen-bond donors (Lipinski definition) is 1. The van der Waals surface area contributed by atoms with Crippen LogP contribution in [0, 0.1) is 5.41 Å². The second-order valence-electron chi connectivity index (χ2n) is 5.02. The van der Waals surface area contributed by atoms with Gasteiger partial charge in [0.2, 0.25) is 0 Å². The molecular formula is C12H20BrNS. The molecule has 0 aromatic carbocycles. The van der Waals surface area contributed by atoms with E-state index >= 15 is 0 Å². The van der Waals surface area contributed by atoms with Crippen LogP contribution < -0.4 is 5.32 Å². The van der Waals surface area contributed by atoms with E-state index < -0.39 is 0 Å². The topological polar surface area (TPSA) is 12.0 Å². The molecule has 0 amide bonds. The van der Waals surface area contributed by atoms with Gasteiger partial charge in [-0.3, -0.25) is 0 Å². The summed E-state index contributed by atoms with van der Waals surface area (Å²) in [4.78, 5) is 1.45. The van der Waals surface area contributed by atoms with Gasteiger partial charge in [0.05, 0.1) is 3.79 Å². The fraction of sp³-hybridized carbons (Fsp3) is 0.667. The van der Waals surface area contributed by atoms with Crippen molar-refractivity contribution in [2.24, 2.45) is 5.41 Å². The molecule has 0 spiro atoms. The predicted octanol–water partition coefficient (Wildman–Crippen LogP) is 4.08. The number of thiophene rings is 1. The van der Waals surface area contributed by atoms with Gasteiger partial charge in [0, 0.05) is 4.88 Å². The van der Waals surface area contributed by atoms with E-state index in [0.29, 0.717) is 5.41 Å². The van der Waals surface area contributed by atoms with Crippen LogP contribution >= 0.6 is 27.3 Å². The first-order valence-corrected chi connectivity index (χ1v) is 7.03. The Morgan fingerprint density at radius 2 is 2.00 bits per heavy atom. The zero-order valence-electron chi connectivity index (χ0n) is 9.77. The van der Waals surface area contributed by atoms with Crippen molar-refractivity contribution in [3.63, 3.8) is 0 Å². The van der Waals surface area contributed by atoms with Gasteiger partial charge in [-0.1, -0.05) is 20.8 Å². The molecule has 0 bridgehead atoms. The molecule has 1 rings (SSSR count). The predicted molar refractivity (Wildman–Crippen MR) is 72.7 cm³/mol. The van der Waals surface area contributed by atoms with Gasteiger partial charge < -0.3 is 5.32 Å². The molecule has 0 aliphatic heterocycles. The van der Waals surface area contributed by atoms with Crippen LogP contribution in [0.5, 0.6) is 0 Å². The smallest absolute Gasteiger partial charge is 0.0701 e. The summed E-state index contributed by atoms with van der Waals surface area (Å²) >= 11 is 5.31. The molecule has 1 aromatic heterocycles. The summed E-state index contributed by atoms with van der Waals surface area (Å²) in [6.07, 6.45) is 2.38. The average molecular weight is 290 g/mol. The first-order valence-electron chi connectivity index (χ1n) is 5.42. The molecule has 1 heterocycles. The summed E-state index contributed by atoms with van der Waals surface area (Å²) in [5.41, 5.74) is 0.443. The third-order valence-corrected chi connectivity index (χ3v) is 3.91. The summed E-state index contributed by atoms with van der Waals surface area (Å²) in [6.45, 7) is 9.06. The molecule has 0 radical (unpaired) electrons. The fourth-order valence-electron chi connectivity index (χ4n) is 1.29. The van der Waals surface area contributed by atoms with Crippen molar-refractivity contribution in [2.45, 2.75) is 33.6 Å². The highest BCUT2D eigenvalue weighted by atomic mass is 79.9. The van der Waals surface area contributed by atoms with Gasteiger partial charge in [-0.2, -0.15) is 0 Å². The van der Waals surface area contributed by atoms with Crippen molar-refractivity contribution in [3.8, 4) is 0 Å². The molecular weight excluding hydrogens is 270 g/mol. The van der Waals surface area contributed by atoms with E-state index in [1.807, 2.05) is 11.3 Å². The Hall–Kier alpha value is 0.140. The van der Waals surface area contributed by atoms with Crippen LogP contribution in [0.25, 0.3) is 0 Å². The maximum Gasteiger partial charge on any atom is 0.0701 e. The summed E-state index contributed by atoms with van der Waals surface area (Å²) in [5, 5.41) is 3.49. The van der Waals surface area contributed by atoms with Crippen LogP contribution in [0.1, 0.15) is 32.1 Å². The summed E-state index contributed by atoms with van der Waals surface area (Å²) in [7, 11) is 0. The first-order chi connectivity index (χ1) is 6.97. The molecule has 15 heavy (non-hydrogen) atoms. The Labute approximate surface area is 105 Å². The standard InChI is InChI=1S/C12H20BrNS/c1-12(2,3)7-9-14-8-6-10-4-5-11(13)15-10/h4-5,14H,6-9H2,1-3H3. The van der Waals surface area contributed by atoms with Gasteiger partial charge in [-0.05, 0) is 59.4 Å². The van der Waals surface area contributed by atoms with Crippen molar-refractivity contribution < 1.29 is 0 Å². The summed E-state index contributed by atoms with van der Waals surface area (Å²) < 4.78 is 1.23. The lowest BCUT2D eigenvalue weighted by atomic mass is 9.92. The van der Waals surface area contributed by atoms with Crippen molar-refractivity contribution in [3.05, 3.63) is 20.8 Å².